The summed E-state index contributed by atoms with van der Waals surface area (Å²) in [5.74, 6) is 0.831. The van der Waals surface area contributed by atoms with Crippen LogP contribution in [0.25, 0.3) is 0 Å². The van der Waals surface area contributed by atoms with Gasteiger partial charge in [-0.15, -0.1) is 0 Å². The summed E-state index contributed by atoms with van der Waals surface area (Å²) in [5, 5.41) is 0. The fourth-order valence-electron chi connectivity index (χ4n) is 9.40. The highest BCUT2D eigenvalue weighted by Gasteiger charge is 2.19. The van der Waals surface area contributed by atoms with Crippen molar-refractivity contribution in [2.45, 2.75) is 349 Å². The van der Waals surface area contributed by atoms with Crippen molar-refractivity contribution in [3.8, 4) is 0 Å². The molecule has 0 saturated heterocycles. The first kappa shape index (κ1) is 65.4. The lowest BCUT2D eigenvalue weighted by Crippen LogP contribution is -2.30. The average Bonchev–Trinajstić information content (AvgIpc) is 3.30. The standard InChI is InChI=1S/C61H118O6/c1-6-7-8-9-10-11-12-13-14-15-16-19-23-26-33-38-43-48-53-61(64)67-58(55-66-60(63)52-47-42-37-32-28-27-30-35-40-45-50-57(4)5)54-65-59(62)51-46-41-36-31-25-22-20-17-18-21-24-29-34-39-44-49-56(2)3/h56-58H,6-55H2,1-5H3/t58-/m0/s1. The van der Waals surface area contributed by atoms with Crippen LogP contribution in [0, 0.1) is 11.8 Å². The Hall–Kier alpha value is -1.59. The van der Waals surface area contributed by atoms with Crippen LogP contribution >= 0.6 is 0 Å². The molecule has 0 aliphatic rings. The third kappa shape index (κ3) is 55.2. The second-order valence-electron chi connectivity index (χ2n) is 21.9. The molecule has 0 saturated carbocycles. The van der Waals surface area contributed by atoms with Crippen LogP contribution < -0.4 is 0 Å². The van der Waals surface area contributed by atoms with Gasteiger partial charge in [0.1, 0.15) is 13.2 Å². The van der Waals surface area contributed by atoms with E-state index in [4.69, 9.17) is 14.2 Å². The molecular formula is C61H118O6. The van der Waals surface area contributed by atoms with E-state index in [1.165, 1.54) is 231 Å². The van der Waals surface area contributed by atoms with Gasteiger partial charge >= 0.3 is 17.9 Å². The third-order valence-electron chi connectivity index (χ3n) is 14.0. The molecule has 398 valence electrons. The zero-order valence-corrected chi connectivity index (χ0v) is 46.0. The predicted molar refractivity (Wildman–Crippen MR) is 289 cm³/mol. The molecule has 0 amide bonds. The van der Waals surface area contributed by atoms with Crippen molar-refractivity contribution in [3.05, 3.63) is 0 Å². The Morgan fingerprint density at radius 2 is 0.493 bits per heavy atom. The number of ether oxygens (including phenoxy) is 3. The molecule has 0 aromatic carbocycles. The molecule has 0 bridgehead atoms. The first-order valence-corrected chi connectivity index (χ1v) is 30.2. The number of rotatable bonds is 55. The van der Waals surface area contributed by atoms with E-state index in [0.29, 0.717) is 19.3 Å². The van der Waals surface area contributed by atoms with Crippen LogP contribution in [0.1, 0.15) is 343 Å². The van der Waals surface area contributed by atoms with Crippen LogP contribution in [0.2, 0.25) is 0 Å². The largest absolute Gasteiger partial charge is 0.462 e. The first-order valence-electron chi connectivity index (χ1n) is 30.2. The van der Waals surface area contributed by atoms with Gasteiger partial charge in [0.2, 0.25) is 0 Å². The maximum absolute atomic E-state index is 12.9. The zero-order valence-electron chi connectivity index (χ0n) is 46.0. The Balaban J connectivity index is 4.28. The molecule has 0 aliphatic carbocycles. The number of hydrogen-bond acceptors (Lipinski definition) is 6. The molecule has 0 N–H and O–H groups in total. The van der Waals surface area contributed by atoms with Gasteiger partial charge in [0.15, 0.2) is 6.10 Å². The van der Waals surface area contributed by atoms with Gasteiger partial charge in [-0.3, -0.25) is 14.4 Å². The van der Waals surface area contributed by atoms with E-state index in [1.54, 1.807) is 0 Å². The van der Waals surface area contributed by atoms with Crippen molar-refractivity contribution >= 4 is 17.9 Å². The predicted octanol–water partition coefficient (Wildman–Crippen LogP) is 20.0. The molecule has 1 atom stereocenters. The molecule has 0 aliphatic heterocycles. The van der Waals surface area contributed by atoms with Crippen molar-refractivity contribution in [2.24, 2.45) is 11.8 Å². The van der Waals surface area contributed by atoms with Crippen molar-refractivity contribution < 1.29 is 28.6 Å². The SMILES string of the molecule is CCCCCCCCCCCCCCCCCCCCC(=O)O[C@@H](COC(=O)CCCCCCCCCCCCCCCCCC(C)C)COC(=O)CCCCCCCCCCCCC(C)C. The monoisotopic (exact) mass is 947 g/mol. The van der Waals surface area contributed by atoms with Crippen LogP contribution in [-0.4, -0.2) is 37.2 Å². The van der Waals surface area contributed by atoms with Crippen LogP contribution in [-0.2, 0) is 28.6 Å². The van der Waals surface area contributed by atoms with Gasteiger partial charge in [0, 0.05) is 19.3 Å². The van der Waals surface area contributed by atoms with Gasteiger partial charge in [0.05, 0.1) is 0 Å². The van der Waals surface area contributed by atoms with Crippen LogP contribution in [0.3, 0.4) is 0 Å². The molecule has 0 spiro atoms. The Kier molecular flexibility index (Phi) is 52.5. The first-order chi connectivity index (χ1) is 32.7. The lowest BCUT2D eigenvalue weighted by Gasteiger charge is -2.18. The lowest BCUT2D eigenvalue weighted by molar-refractivity contribution is -0.167. The van der Waals surface area contributed by atoms with E-state index in [-0.39, 0.29) is 31.1 Å². The van der Waals surface area contributed by atoms with Crippen molar-refractivity contribution in [1.29, 1.82) is 0 Å². The van der Waals surface area contributed by atoms with Crippen molar-refractivity contribution in [3.63, 3.8) is 0 Å². The second kappa shape index (κ2) is 53.8. The van der Waals surface area contributed by atoms with Crippen molar-refractivity contribution in [1.82, 2.24) is 0 Å². The fraction of sp³-hybridized carbons (Fsp3) is 0.951. The summed E-state index contributed by atoms with van der Waals surface area (Å²) >= 11 is 0. The Morgan fingerprint density at radius 3 is 0.731 bits per heavy atom. The summed E-state index contributed by atoms with van der Waals surface area (Å²) in [6, 6.07) is 0. The molecule has 0 fully saturated rings. The van der Waals surface area contributed by atoms with E-state index in [1.807, 2.05) is 0 Å². The third-order valence-corrected chi connectivity index (χ3v) is 14.0. The van der Waals surface area contributed by atoms with Gasteiger partial charge in [-0.05, 0) is 31.1 Å². The summed E-state index contributed by atoms with van der Waals surface area (Å²) in [6.07, 6.45) is 58.1. The smallest absolute Gasteiger partial charge is 0.306 e. The molecule has 6 heteroatoms. The lowest BCUT2D eigenvalue weighted by atomic mass is 10.0. The van der Waals surface area contributed by atoms with Crippen LogP contribution in [0.15, 0.2) is 0 Å². The van der Waals surface area contributed by atoms with Gasteiger partial charge < -0.3 is 14.2 Å². The molecule has 0 unspecified atom stereocenters. The number of hydrogen-bond donors (Lipinski definition) is 0. The molecule has 0 aromatic heterocycles. The Morgan fingerprint density at radius 1 is 0.284 bits per heavy atom. The molecule has 67 heavy (non-hydrogen) atoms. The van der Waals surface area contributed by atoms with Gasteiger partial charge in [-0.2, -0.15) is 0 Å². The summed E-state index contributed by atoms with van der Waals surface area (Å²) in [6.45, 7) is 11.4. The van der Waals surface area contributed by atoms with E-state index >= 15 is 0 Å². The maximum atomic E-state index is 12.9. The second-order valence-corrected chi connectivity index (χ2v) is 21.9. The molecule has 0 heterocycles. The number of esters is 3. The van der Waals surface area contributed by atoms with Crippen LogP contribution in [0.5, 0.6) is 0 Å². The van der Waals surface area contributed by atoms with Gasteiger partial charge in [0.25, 0.3) is 0 Å². The molecular weight excluding hydrogens is 829 g/mol. The summed E-state index contributed by atoms with van der Waals surface area (Å²) in [7, 11) is 0. The zero-order chi connectivity index (χ0) is 48.9. The van der Waals surface area contributed by atoms with Gasteiger partial charge in [-0.25, -0.2) is 0 Å². The highest BCUT2D eigenvalue weighted by Crippen LogP contribution is 2.18. The number of carbonyl (C=O) groups excluding carboxylic acids is 3. The molecule has 0 radical (unpaired) electrons. The number of unbranched alkanes of at least 4 members (excludes halogenated alkanes) is 40. The molecule has 6 nitrogen and oxygen atoms in total. The maximum Gasteiger partial charge on any atom is 0.306 e. The fourth-order valence-corrected chi connectivity index (χ4v) is 9.40. The summed E-state index contributed by atoms with van der Waals surface area (Å²) in [4.78, 5) is 38.2. The molecule has 0 aromatic rings. The highest BCUT2D eigenvalue weighted by atomic mass is 16.6. The Labute approximate surface area is 418 Å². The van der Waals surface area contributed by atoms with Crippen molar-refractivity contribution in [2.75, 3.05) is 13.2 Å². The summed E-state index contributed by atoms with van der Waals surface area (Å²) in [5.41, 5.74) is 0. The van der Waals surface area contributed by atoms with E-state index in [9.17, 15) is 14.4 Å². The minimum atomic E-state index is -0.763. The topological polar surface area (TPSA) is 78.9 Å². The Bertz CT molecular complexity index is 1020. The minimum absolute atomic E-state index is 0.0625. The number of carbonyl (C=O) groups is 3. The average molecular weight is 948 g/mol. The van der Waals surface area contributed by atoms with E-state index in [2.05, 4.69) is 34.6 Å². The molecule has 0 rings (SSSR count). The van der Waals surface area contributed by atoms with E-state index < -0.39 is 6.10 Å². The quantitative estimate of drug-likeness (QED) is 0.0343. The minimum Gasteiger partial charge on any atom is -0.462 e. The van der Waals surface area contributed by atoms with Gasteiger partial charge in [-0.1, -0.05) is 304 Å². The van der Waals surface area contributed by atoms with Crippen LogP contribution in [0.4, 0.5) is 0 Å². The van der Waals surface area contributed by atoms with E-state index in [0.717, 1.165) is 69.6 Å². The normalized spacial score (nSPS) is 12.0. The highest BCUT2D eigenvalue weighted by molar-refractivity contribution is 5.71. The summed E-state index contributed by atoms with van der Waals surface area (Å²) < 4.78 is 16.9.